The molecule has 1 fully saturated rings. The number of rotatable bonds is 2. The average molecular weight is 246 g/mol. The molecule has 0 unspecified atom stereocenters. The molecule has 1 amide bonds. The van der Waals surface area contributed by atoms with Gasteiger partial charge in [0.25, 0.3) is 0 Å². The van der Waals surface area contributed by atoms with E-state index in [2.05, 4.69) is 15.5 Å². The summed E-state index contributed by atoms with van der Waals surface area (Å²) in [6, 6.07) is 2.00. The standard InChI is InChI=1S/C13H18N4O/c14-8-11-9-15-17-12(11)16-13(18)10-6-4-2-1-3-5-7-10/h9-10H,1-7H2,(H2,15,16,17,18). The molecule has 0 saturated heterocycles. The molecule has 1 saturated carbocycles. The lowest BCUT2D eigenvalue weighted by atomic mass is 9.90. The van der Waals surface area contributed by atoms with Crippen LogP contribution in [0.15, 0.2) is 6.20 Å². The zero-order valence-corrected chi connectivity index (χ0v) is 10.4. The first-order valence-electron chi connectivity index (χ1n) is 6.55. The van der Waals surface area contributed by atoms with Gasteiger partial charge in [0.1, 0.15) is 17.5 Å². The van der Waals surface area contributed by atoms with E-state index in [4.69, 9.17) is 5.26 Å². The van der Waals surface area contributed by atoms with Crippen LogP contribution in [0.1, 0.15) is 50.5 Å². The van der Waals surface area contributed by atoms with E-state index in [1.54, 1.807) is 0 Å². The van der Waals surface area contributed by atoms with Crippen LogP contribution in [0.5, 0.6) is 0 Å². The number of hydrogen-bond donors (Lipinski definition) is 2. The van der Waals surface area contributed by atoms with Crippen LogP contribution in [0, 0.1) is 17.2 Å². The zero-order valence-electron chi connectivity index (χ0n) is 10.4. The monoisotopic (exact) mass is 246 g/mol. The predicted octanol–water partition coefficient (Wildman–Crippen LogP) is 2.58. The third kappa shape index (κ3) is 3.10. The number of H-pyrrole nitrogens is 1. The Kier molecular flexibility index (Phi) is 4.35. The molecule has 5 heteroatoms. The number of aromatic amines is 1. The Hall–Kier alpha value is -1.83. The molecule has 2 rings (SSSR count). The van der Waals surface area contributed by atoms with Crippen molar-refractivity contribution < 1.29 is 4.79 Å². The van der Waals surface area contributed by atoms with Crippen LogP contribution in [0.25, 0.3) is 0 Å². The molecule has 0 atom stereocenters. The maximum absolute atomic E-state index is 12.1. The van der Waals surface area contributed by atoms with Gasteiger partial charge < -0.3 is 5.32 Å². The van der Waals surface area contributed by atoms with Crippen LogP contribution in [-0.2, 0) is 4.79 Å². The van der Waals surface area contributed by atoms with Gasteiger partial charge in [-0.3, -0.25) is 9.89 Å². The summed E-state index contributed by atoms with van der Waals surface area (Å²) < 4.78 is 0. The molecule has 1 heterocycles. The normalized spacial score (nSPS) is 17.5. The van der Waals surface area contributed by atoms with E-state index in [0.717, 1.165) is 25.7 Å². The lowest BCUT2D eigenvalue weighted by Crippen LogP contribution is -2.24. The average Bonchev–Trinajstić information content (AvgIpc) is 2.75. The molecule has 0 bridgehead atoms. The molecule has 1 aromatic heterocycles. The summed E-state index contributed by atoms with van der Waals surface area (Å²) in [5, 5.41) is 18.0. The molecule has 0 aromatic carbocycles. The second kappa shape index (κ2) is 6.20. The van der Waals surface area contributed by atoms with E-state index in [0.29, 0.717) is 11.4 Å². The van der Waals surface area contributed by atoms with E-state index in [-0.39, 0.29) is 11.8 Å². The van der Waals surface area contributed by atoms with Gasteiger partial charge in [-0.15, -0.1) is 0 Å². The Morgan fingerprint density at radius 1 is 1.33 bits per heavy atom. The fourth-order valence-corrected chi connectivity index (χ4v) is 2.41. The van der Waals surface area contributed by atoms with Crippen LogP contribution >= 0.6 is 0 Å². The third-order valence-corrected chi connectivity index (χ3v) is 3.48. The van der Waals surface area contributed by atoms with Crippen molar-refractivity contribution >= 4 is 11.7 Å². The summed E-state index contributed by atoms with van der Waals surface area (Å²) in [5.74, 6) is 0.502. The molecule has 0 aliphatic heterocycles. The topological polar surface area (TPSA) is 81.6 Å². The maximum atomic E-state index is 12.1. The molecule has 0 radical (unpaired) electrons. The Morgan fingerprint density at radius 2 is 2.00 bits per heavy atom. The minimum absolute atomic E-state index is 0.0117. The first-order valence-corrected chi connectivity index (χ1v) is 6.55. The van der Waals surface area contributed by atoms with Crippen molar-refractivity contribution in [1.29, 1.82) is 5.26 Å². The number of nitriles is 1. The van der Waals surface area contributed by atoms with Crippen LogP contribution in [-0.4, -0.2) is 16.1 Å². The zero-order chi connectivity index (χ0) is 12.8. The lowest BCUT2D eigenvalue weighted by molar-refractivity contribution is -0.120. The number of nitrogens with one attached hydrogen (secondary N) is 2. The fourth-order valence-electron chi connectivity index (χ4n) is 2.41. The van der Waals surface area contributed by atoms with E-state index >= 15 is 0 Å². The number of carbonyl (C=O) groups is 1. The first kappa shape index (κ1) is 12.6. The van der Waals surface area contributed by atoms with E-state index in [1.165, 1.54) is 25.5 Å². The highest BCUT2D eigenvalue weighted by atomic mass is 16.1. The predicted molar refractivity (Wildman–Crippen MR) is 67.7 cm³/mol. The molecule has 0 spiro atoms. The van der Waals surface area contributed by atoms with Crippen LogP contribution in [0.4, 0.5) is 5.82 Å². The van der Waals surface area contributed by atoms with Crippen molar-refractivity contribution in [2.45, 2.75) is 44.9 Å². The Balaban J connectivity index is 1.96. The fraction of sp³-hybridized carbons (Fsp3) is 0.615. The summed E-state index contributed by atoms with van der Waals surface area (Å²) in [6.45, 7) is 0. The molecule has 96 valence electrons. The minimum Gasteiger partial charge on any atom is -0.310 e. The number of carbonyl (C=O) groups excluding carboxylic acids is 1. The summed E-state index contributed by atoms with van der Waals surface area (Å²) in [6.07, 6.45) is 9.28. The van der Waals surface area contributed by atoms with Gasteiger partial charge in [-0.25, -0.2) is 0 Å². The van der Waals surface area contributed by atoms with Crippen molar-refractivity contribution in [3.05, 3.63) is 11.8 Å². The third-order valence-electron chi connectivity index (χ3n) is 3.48. The van der Waals surface area contributed by atoms with Gasteiger partial charge in [-0.05, 0) is 12.8 Å². The summed E-state index contributed by atoms with van der Waals surface area (Å²) in [4.78, 5) is 12.1. The second-order valence-electron chi connectivity index (χ2n) is 4.80. The van der Waals surface area contributed by atoms with Gasteiger partial charge in [0, 0.05) is 5.92 Å². The maximum Gasteiger partial charge on any atom is 0.228 e. The number of anilines is 1. The molecular weight excluding hydrogens is 228 g/mol. The number of amides is 1. The second-order valence-corrected chi connectivity index (χ2v) is 4.80. The lowest BCUT2D eigenvalue weighted by Gasteiger charge is -2.18. The van der Waals surface area contributed by atoms with E-state index in [1.807, 2.05) is 6.07 Å². The van der Waals surface area contributed by atoms with Crippen molar-refractivity contribution in [2.24, 2.45) is 5.92 Å². The first-order chi connectivity index (χ1) is 8.81. The summed E-state index contributed by atoms with van der Waals surface area (Å²) in [7, 11) is 0. The van der Waals surface area contributed by atoms with E-state index in [9.17, 15) is 4.79 Å². The number of hydrogen-bond acceptors (Lipinski definition) is 3. The number of aromatic nitrogens is 2. The van der Waals surface area contributed by atoms with Crippen molar-refractivity contribution in [3.8, 4) is 6.07 Å². The Morgan fingerprint density at radius 3 is 2.67 bits per heavy atom. The minimum atomic E-state index is 0.0117. The van der Waals surface area contributed by atoms with Gasteiger partial charge >= 0.3 is 0 Å². The highest BCUT2D eigenvalue weighted by molar-refractivity contribution is 5.92. The van der Waals surface area contributed by atoms with Crippen molar-refractivity contribution in [3.63, 3.8) is 0 Å². The molecule has 1 aliphatic carbocycles. The van der Waals surface area contributed by atoms with E-state index < -0.39 is 0 Å². The molecular formula is C13H18N4O. The highest BCUT2D eigenvalue weighted by Crippen LogP contribution is 2.23. The van der Waals surface area contributed by atoms with Crippen LogP contribution in [0.2, 0.25) is 0 Å². The van der Waals surface area contributed by atoms with Crippen LogP contribution < -0.4 is 5.32 Å². The van der Waals surface area contributed by atoms with Crippen LogP contribution in [0.3, 0.4) is 0 Å². The summed E-state index contributed by atoms with van der Waals surface area (Å²) >= 11 is 0. The Labute approximate surface area is 107 Å². The van der Waals surface area contributed by atoms with Gasteiger partial charge in [-0.2, -0.15) is 10.4 Å². The van der Waals surface area contributed by atoms with Gasteiger partial charge in [0.2, 0.25) is 5.91 Å². The number of nitrogens with zero attached hydrogens (tertiary/aromatic N) is 2. The SMILES string of the molecule is N#Cc1cn[nH]c1NC(=O)C1CCCCCCC1. The van der Waals surface area contributed by atoms with Gasteiger partial charge in [0.05, 0.1) is 6.20 Å². The highest BCUT2D eigenvalue weighted by Gasteiger charge is 2.20. The van der Waals surface area contributed by atoms with Gasteiger partial charge in [0.15, 0.2) is 0 Å². The molecule has 1 aromatic rings. The quantitative estimate of drug-likeness (QED) is 0.841. The van der Waals surface area contributed by atoms with Crippen molar-refractivity contribution in [2.75, 3.05) is 5.32 Å². The van der Waals surface area contributed by atoms with Gasteiger partial charge in [-0.1, -0.05) is 32.1 Å². The summed E-state index contributed by atoms with van der Waals surface area (Å²) in [5.41, 5.74) is 0.384. The largest absolute Gasteiger partial charge is 0.310 e. The molecule has 5 nitrogen and oxygen atoms in total. The molecule has 18 heavy (non-hydrogen) atoms. The van der Waals surface area contributed by atoms with Crippen molar-refractivity contribution in [1.82, 2.24) is 10.2 Å². The Bertz CT molecular complexity index is 438. The smallest absolute Gasteiger partial charge is 0.228 e. The molecule has 1 aliphatic rings. The molecule has 2 N–H and O–H groups in total.